The molecule has 2 aromatic rings. The van der Waals surface area contributed by atoms with Gasteiger partial charge in [0, 0.05) is 17.8 Å². The number of hydrogen-bond acceptors (Lipinski definition) is 3. The van der Waals surface area contributed by atoms with Gasteiger partial charge < -0.3 is 9.73 Å². The number of rotatable bonds is 4. The first kappa shape index (κ1) is 13.8. The Morgan fingerprint density at radius 1 is 1.45 bits per heavy atom. The third-order valence-electron chi connectivity index (χ3n) is 3.97. The van der Waals surface area contributed by atoms with E-state index in [0.29, 0.717) is 5.92 Å². The first-order valence-electron chi connectivity index (χ1n) is 7.22. The van der Waals surface area contributed by atoms with Gasteiger partial charge in [0.1, 0.15) is 5.76 Å². The lowest BCUT2D eigenvalue weighted by Crippen LogP contribution is -2.29. The Bertz CT molecular complexity index is 581. The second-order valence-electron chi connectivity index (χ2n) is 5.22. The van der Waals surface area contributed by atoms with E-state index in [0.717, 1.165) is 29.8 Å². The fraction of sp³-hybridized carbons (Fsp3) is 0.438. The van der Waals surface area contributed by atoms with Gasteiger partial charge in [-0.3, -0.25) is 4.98 Å². The Hall–Kier alpha value is -1.13. The van der Waals surface area contributed by atoms with Crippen LogP contribution in [0.3, 0.4) is 0 Å². The number of nitrogens with zero attached hydrogens (tertiary/aromatic N) is 1. The quantitative estimate of drug-likeness (QED) is 0.910. The Balaban J connectivity index is 1.96. The number of furan rings is 1. The van der Waals surface area contributed by atoms with Crippen LogP contribution in [0.15, 0.2) is 39.5 Å². The molecule has 3 nitrogen and oxygen atoms in total. The molecule has 0 radical (unpaired) electrons. The van der Waals surface area contributed by atoms with Crippen molar-refractivity contribution in [1.82, 2.24) is 10.3 Å². The first-order valence-corrected chi connectivity index (χ1v) is 8.01. The summed E-state index contributed by atoms with van der Waals surface area (Å²) >= 11 is 3.40. The van der Waals surface area contributed by atoms with Crippen molar-refractivity contribution >= 4 is 15.9 Å². The number of likely N-dealkylation sites (N-methyl/N-ethyl adjacent to an activating group) is 1. The van der Waals surface area contributed by atoms with Crippen LogP contribution in [-0.4, -0.2) is 11.5 Å². The second-order valence-corrected chi connectivity index (χ2v) is 6.01. The zero-order valence-corrected chi connectivity index (χ0v) is 13.2. The zero-order valence-electron chi connectivity index (χ0n) is 11.6. The summed E-state index contributed by atoms with van der Waals surface area (Å²) in [5.41, 5.74) is 2.62. The predicted molar refractivity (Wildman–Crippen MR) is 82.7 cm³/mol. The van der Waals surface area contributed by atoms with Gasteiger partial charge in [0.05, 0.1) is 6.04 Å². The monoisotopic (exact) mass is 334 g/mol. The largest absolute Gasteiger partial charge is 0.453 e. The zero-order chi connectivity index (χ0) is 13.9. The molecule has 1 aliphatic carbocycles. The van der Waals surface area contributed by atoms with Crippen molar-refractivity contribution in [3.05, 3.63) is 52.1 Å². The highest BCUT2D eigenvalue weighted by Gasteiger charge is 2.31. The van der Waals surface area contributed by atoms with Gasteiger partial charge in [-0.25, -0.2) is 0 Å². The molecule has 0 aliphatic heterocycles. The van der Waals surface area contributed by atoms with Crippen molar-refractivity contribution in [3.63, 3.8) is 0 Å². The van der Waals surface area contributed by atoms with Gasteiger partial charge in [0.25, 0.3) is 0 Å². The lowest BCUT2D eigenvalue weighted by Gasteiger charge is -2.30. The average Bonchev–Trinajstić information content (AvgIpc) is 2.91. The van der Waals surface area contributed by atoms with Crippen LogP contribution in [0.4, 0.5) is 0 Å². The van der Waals surface area contributed by atoms with Gasteiger partial charge in [-0.15, -0.1) is 0 Å². The molecular formula is C16H19BrN2O. The lowest BCUT2D eigenvalue weighted by atomic mass is 9.81. The number of nitrogens with one attached hydrogen (secondary N) is 1. The smallest absolute Gasteiger partial charge is 0.169 e. The summed E-state index contributed by atoms with van der Waals surface area (Å²) in [7, 11) is 0. The summed E-state index contributed by atoms with van der Waals surface area (Å²) in [4.78, 5) is 4.64. The van der Waals surface area contributed by atoms with Crippen LogP contribution >= 0.6 is 15.9 Å². The molecule has 3 rings (SSSR count). The fourth-order valence-electron chi connectivity index (χ4n) is 3.13. The van der Waals surface area contributed by atoms with Crippen molar-refractivity contribution in [2.75, 3.05) is 6.54 Å². The molecule has 0 bridgehead atoms. The normalized spacial score (nSPS) is 19.6. The first-order chi connectivity index (χ1) is 9.79. The molecule has 2 atom stereocenters. The number of hydrogen-bond donors (Lipinski definition) is 1. The Labute approximate surface area is 127 Å². The van der Waals surface area contributed by atoms with E-state index in [1.807, 2.05) is 18.3 Å². The Morgan fingerprint density at radius 3 is 3.10 bits per heavy atom. The highest BCUT2D eigenvalue weighted by molar-refractivity contribution is 9.10. The lowest BCUT2D eigenvalue weighted by molar-refractivity contribution is 0.336. The topological polar surface area (TPSA) is 38.1 Å². The van der Waals surface area contributed by atoms with Gasteiger partial charge in [0.2, 0.25) is 0 Å². The van der Waals surface area contributed by atoms with Crippen LogP contribution in [0.1, 0.15) is 48.7 Å². The van der Waals surface area contributed by atoms with Crippen LogP contribution in [-0.2, 0) is 6.42 Å². The summed E-state index contributed by atoms with van der Waals surface area (Å²) in [6.07, 6.45) is 5.41. The summed E-state index contributed by atoms with van der Waals surface area (Å²) in [5.74, 6) is 1.38. The third kappa shape index (κ3) is 2.67. The molecule has 2 heterocycles. The molecule has 20 heavy (non-hydrogen) atoms. The minimum Gasteiger partial charge on any atom is -0.453 e. The van der Waals surface area contributed by atoms with Crippen LogP contribution in [0.25, 0.3) is 0 Å². The van der Waals surface area contributed by atoms with Crippen LogP contribution in [0.5, 0.6) is 0 Å². The Kier molecular flexibility index (Phi) is 4.22. The molecule has 1 N–H and O–H groups in total. The van der Waals surface area contributed by atoms with E-state index < -0.39 is 0 Å². The maximum absolute atomic E-state index is 5.79. The summed E-state index contributed by atoms with van der Waals surface area (Å²) in [6.45, 7) is 3.05. The van der Waals surface area contributed by atoms with Crippen molar-refractivity contribution < 1.29 is 4.42 Å². The van der Waals surface area contributed by atoms with Crippen molar-refractivity contribution in [3.8, 4) is 0 Å². The van der Waals surface area contributed by atoms with E-state index in [1.54, 1.807) is 0 Å². The molecule has 4 heteroatoms. The molecule has 0 saturated heterocycles. The molecule has 2 unspecified atom stereocenters. The maximum Gasteiger partial charge on any atom is 0.169 e. The van der Waals surface area contributed by atoms with Gasteiger partial charge in [-0.05, 0) is 65.5 Å². The fourth-order valence-corrected chi connectivity index (χ4v) is 3.45. The van der Waals surface area contributed by atoms with Gasteiger partial charge in [0.15, 0.2) is 4.67 Å². The average molecular weight is 335 g/mol. The minimum absolute atomic E-state index is 0.195. The van der Waals surface area contributed by atoms with Crippen LogP contribution < -0.4 is 5.32 Å². The summed E-state index contributed by atoms with van der Waals surface area (Å²) in [6, 6.07) is 8.44. The van der Waals surface area contributed by atoms with Crippen molar-refractivity contribution in [2.24, 2.45) is 0 Å². The van der Waals surface area contributed by atoms with E-state index in [9.17, 15) is 0 Å². The highest BCUT2D eigenvalue weighted by Crippen LogP contribution is 2.40. The summed E-state index contributed by atoms with van der Waals surface area (Å²) in [5, 5.41) is 3.57. The summed E-state index contributed by atoms with van der Waals surface area (Å²) < 4.78 is 6.58. The molecule has 0 amide bonds. The number of fused-ring (bicyclic) bond motifs is 1. The van der Waals surface area contributed by atoms with E-state index in [4.69, 9.17) is 4.42 Å². The standard InChI is InChI=1S/C16H19BrN2O/c1-2-18-16(13-8-9-14(17)20-13)12-7-3-5-11-6-4-10-19-15(11)12/h4,6,8-10,12,16,18H,2-3,5,7H2,1H3. The van der Waals surface area contributed by atoms with Gasteiger partial charge >= 0.3 is 0 Å². The molecular weight excluding hydrogens is 316 g/mol. The number of aromatic nitrogens is 1. The predicted octanol–water partition coefficient (Wildman–Crippen LogP) is 4.21. The molecule has 0 fully saturated rings. The molecule has 0 aromatic carbocycles. The van der Waals surface area contributed by atoms with E-state index >= 15 is 0 Å². The third-order valence-corrected chi connectivity index (χ3v) is 4.39. The van der Waals surface area contributed by atoms with Crippen molar-refractivity contribution in [1.29, 1.82) is 0 Å². The number of pyridine rings is 1. The molecule has 1 aliphatic rings. The molecule has 106 valence electrons. The second kappa shape index (κ2) is 6.10. The van der Waals surface area contributed by atoms with Gasteiger partial charge in [-0.2, -0.15) is 0 Å². The number of aryl methyl sites for hydroxylation is 1. The SMILES string of the molecule is CCNC(c1ccc(Br)o1)C1CCCc2cccnc21. The van der Waals surface area contributed by atoms with Gasteiger partial charge in [-0.1, -0.05) is 13.0 Å². The van der Waals surface area contributed by atoms with E-state index in [1.165, 1.54) is 17.7 Å². The van der Waals surface area contributed by atoms with Crippen molar-refractivity contribution in [2.45, 2.75) is 38.1 Å². The molecule has 0 saturated carbocycles. The molecule has 2 aromatic heterocycles. The van der Waals surface area contributed by atoms with E-state index in [-0.39, 0.29) is 6.04 Å². The van der Waals surface area contributed by atoms with Crippen LogP contribution in [0.2, 0.25) is 0 Å². The number of halogens is 1. The molecule has 0 spiro atoms. The maximum atomic E-state index is 5.79. The highest BCUT2D eigenvalue weighted by atomic mass is 79.9. The Morgan fingerprint density at radius 2 is 2.35 bits per heavy atom. The minimum atomic E-state index is 0.195. The van der Waals surface area contributed by atoms with E-state index in [2.05, 4.69) is 45.3 Å². The van der Waals surface area contributed by atoms with Crippen LogP contribution in [0, 0.1) is 0 Å².